The summed E-state index contributed by atoms with van der Waals surface area (Å²) in [6, 6.07) is 10.4. The molecule has 0 aliphatic heterocycles. The van der Waals surface area contributed by atoms with Gasteiger partial charge in [0, 0.05) is 22.5 Å². The van der Waals surface area contributed by atoms with Gasteiger partial charge >= 0.3 is 0 Å². The summed E-state index contributed by atoms with van der Waals surface area (Å²) in [5.74, 6) is -0.833. The van der Waals surface area contributed by atoms with Gasteiger partial charge in [0.05, 0.1) is 5.52 Å². The number of aliphatic carboxylic acids is 1. The first-order chi connectivity index (χ1) is 8.02. The summed E-state index contributed by atoms with van der Waals surface area (Å²) < 4.78 is 1.08. The summed E-state index contributed by atoms with van der Waals surface area (Å²) in [6.45, 7) is 3.20. The van der Waals surface area contributed by atoms with Crippen molar-refractivity contribution in [1.82, 2.24) is 4.98 Å². The highest BCUT2D eigenvalue weighted by Gasteiger charge is 1.96. The highest BCUT2D eigenvalue weighted by atomic mass is 79.9. The second-order valence-electron chi connectivity index (χ2n) is 3.51. The van der Waals surface area contributed by atoms with E-state index < -0.39 is 5.97 Å². The lowest BCUT2D eigenvalue weighted by Crippen LogP contribution is -1.86. The molecular weight excluding hydrogens is 282 g/mol. The Bertz CT molecular complexity index is 522. The van der Waals surface area contributed by atoms with Crippen LogP contribution in [0.25, 0.3) is 10.9 Å². The first-order valence-electron chi connectivity index (χ1n) is 5.27. The van der Waals surface area contributed by atoms with Gasteiger partial charge in [-0.25, -0.2) is 0 Å². The highest BCUT2D eigenvalue weighted by Crippen LogP contribution is 2.18. The number of carboxylic acids is 1. The molecule has 1 aromatic carbocycles. The van der Waals surface area contributed by atoms with E-state index >= 15 is 0 Å². The maximum Gasteiger partial charge on any atom is 0.300 e. The molecule has 0 radical (unpaired) electrons. The van der Waals surface area contributed by atoms with E-state index in [1.54, 1.807) is 0 Å². The Kier molecular flexibility index (Phi) is 5.10. The fraction of sp³-hybridized carbons (Fsp3) is 0.231. The van der Waals surface area contributed by atoms with Crippen LogP contribution in [0.4, 0.5) is 0 Å². The largest absolute Gasteiger partial charge is 0.481 e. The zero-order chi connectivity index (χ0) is 12.8. The molecule has 2 aromatic rings. The predicted molar refractivity (Wildman–Crippen MR) is 72.1 cm³/mol. The number of nitrogens with zero attached hydrogens (tertiary/aromatic N) is 1. The van der Waals surface area contributed by atoms with E-state index in [0.29, 0.717) is 0 Å². The Labute approximate surface area is 109 Å². The first-order valence-corrected chi connectivity index (χ1v) is 6.07. The zero-order valence-electron chi connectivity index (χ0n) is 9.77. The second kappa shape index (κ2) is 6.35. The first kappa shape index (κ1) is 13.6. The number of hydrogen-bond acceptors (Lipinski definition) is 2. The van der Waals surface area contributed by atoms with Gasteiger partial charge in [-0.3, -0.25) is 9.78 Å². The third kappa shape index (κ3) is 4.53. The van der Waals surface area contributed by atoms with E-state index in [1.807, 2.05) is 6.07 Å². The molecule has 0 aliphatic carbocycles. The Balaban J connectivity index is 0.000000317. The van der Waals surface area contributed by atoms with E-state index in [4.69, 9.17) is 9.90 Å². The molecule has 0 bridgehead atoms. The van der Waals surface area contributed by atoms with Crippen molar-refractivity contribution < 1.29 is 9.90 Å². The Morgan fingerprint density at radius 2 is 1.94 bits per heavy atom. The molecule has 2 rings (SSSR count). The van der Waals surface area contributed by atoms with E-state index in [0.717, 1.165) is 29.0 Å². The van der Waals surface area contributed by atoms with Gasteiger partial charge in [0.15, 0.2) is 0 Å². The molecule has 0 aliphatic rings. The SMILES string of the molecule is CC(=O)O.CCc1ccc2ccc(Br)cc2n1. The van der Waals surface area contributed by atoms with Crippen molar-refractivity contribution >= 4 is 32.8 Å². The smallest absolute Gasteiger partial charge is 0.300 e. The van der Waals surface area contributed by atoms with Crippen LogP contribution in [0.1, 0.15) is 19.5 Å². The van der Waals surface area contributed by atoms with E-state index in [-0.39, 0.29) is 0 Å². The van der Waals surface area contributed by atoms with Gasteiger partial charge in [-0.05, 0) is 24.6 Å². The molecule has 0 atom stereocenters. The van der Waals surface area contributed by atoms with Gasteiger partial charge in [0.1, 0.15) is 0 Å². The summed E-state index contributed by atoms with van der Waals surface area (Å²) in [6.07, 6.45) is 0.989. The van der Waals surface area contributed by atoms with Gasteiger partial charge in [-0.15, -0.1) is 0 Å². The standard InChI is InChI=1S/C11H10BrN.C2H4O2/c1-2-10-6-4-8-3-5-9(12)7-11(8)13-10;1-2(3)4/h3-7H,2H2,1H3;1H3,(H,3,4). The molecule has 1 N–H and O–H groups in total. The molecule has 0 saturated carbocycles. The number of carboxylic acid groups (broad SMARTS) is 1. The Morgan fingerprint density at radius 1 is 1.35 bits per heavy atom. The van der Waals surface area contributed by atoms with E-state index in [9.17, 15) is 0 Å². The van der Waals surface area contributed by atoms with Crippen LogP contribution in [0.15, 0.2) is 34.8 Å². The number of hydrogen-bond donors (Lipinski definition) is 1. The lowest BCUT2D eigenvalue weighted by molar-refractivity contribution is -0.134. The number of aryl methyl sites for hydroxylation is 1. The summed E-state index contributed by atoms with van der Waals surface area (Å²) in [4.78, 5) is 13.5. The van der Waals surface area contributed by atoms with Crippen LogP contribution in [0, 0.1) is 0 Å². The fourth-order valence-corrected chi connectivity index (χ4v) is 1.68. The molecule has 90 valence electrons. The number of halogens is 1. The number of rotatable bonds is 1. The van der Waals surface area contributed by atoms with Crippen LogP contribution in [0.3, 0.4) is 0 Å². The van der Waals surface area contributed by atoms with Crippen LogP contribution in [-0.4, -0.2) is 16.1 Å². The van der Waals surface area contributed by atoms with Crippen molar-refractivity contribution in [2.45, 2.75) is 20.3 Å². The average Bonchev–Trinajstić information content (AvgIpc) is 2.27. The topological polar surface area (TPSA) is 50.2 Å². The summed E-state index contributed by atoms with van der Waals surface area (Å²) in [7, 11) is 0. The van der Waals surface area contributed by atoms with Crippen molar-refractivity contribution in [3.63, 3.8) is 0 Å². The average molecular weight is 296 g/mol. The molecule has 3 nitrogen and oxygen atoms in total. The van der Waals surface area contributed by atoms with Crippen LogP contribution in [-0.2, 0) is 11.2 Å². The zero-order valence-corrected chi connectivity index (χ0v) is 11.4. The van der Waals surface area contributed by atoms with E-state index in [1.165, 1.54) is 5.39 Å². The molecule has 0 amide bonds. The molecule has 1 heterocycles. The van der Waals surface area contributed by atoms with Gasteiger partial charge in [0.2, 0.25) is 0 Å². The summed E-state index contributed by atoms with van der Waals surface area (Å²) >= 11 is 3.44. The van der Waals surface area contributed by atoms with Crippen molar-refractivity contribution in [3.05, 3.63) is 40.5 Å². The number of benzene rings is 1. The third-order valence-electron chi connectivity index (χ3n) is 2.07. The minimum absolute atomic E-state index is 0.833. The van der Waals surface area contributed by atoms with Gasteiger partial charge < -0.3 is 5.11 Å². The lowest BCUT2D eigenvalue weighted by Gasteiger charge is -2.00. The van der Waals surface area contributed by atoms with Crippen molar-refractivity contribution in [2.75, 3.05) is 0 Å². The molecule has 0 fully saturated rings. The van der Waals surface area contributed by atoms with Crippen LogP contribution in [0.2, 0.25) is 0 Å². The molecule has 0 spiro atoms. The highest BCUT2D eigenvalue weighted by molar-refractivity contribution is 9.10. The van der Waals surface area contributed by atoms with Crippen LogP contribution < -0.4 is 0 Å². The molecule has 17 heavy (non-hydrogen) atoms. The normalized spacial score (nSPS) is 9.59. The number of pyridine rings is 1. The van der Waals surface area contributed by atoms with Crippen molar-refractivity contribution in [1.29, 1.82) is 0 Å². The third-order valence-corrected chi connectivity index (χ3v) is 2.57. The van der Waals surface area contributed by atoms with Crippen molar-refractivity contribution in [2.24, 2.45) is 0 Å². The summed E-state index contributed by atoms with van der Waals surface area (Å²) in [5.41, 5.74) is 2.21. The Hall–Kier alpha value is -1.42. The monoisotopic (exact) mass is 295 g/mol. The summed E-state index contributed by atoms with van der Waals surface area (Å²) in [5, 5.41) is 8.61. The fourth-order valence-electron chi connectivity index (χ4n) is 1.33. The quantitative estimate of drug-likeness (QED) is 0.874. The number of aromatic nitrogens is 1. The minimum atomic E-state index is -0.833. The number of fused-ring (bicyclic) bond motifs is 1. The predicted octanol–water partition coefficient (Wildman–Crippen LogP) is 3.65. The molecule has 0 unspecified atom stereocenters. The van der Waals surface area contributed by atoms with Gasteiger partial charge in [-0.1, -0.05) is 35.0 Å². The number of carbonyl (C=O) groups is 1. The van der Waals surface area contributed by atoms with E-state index in [2.05, 4.69) is 52.1 Å². The molecule has 4 heteroatoms. The van der Waals surface area contributed by atoms with Crippen molar-refractivity contribution in [3.8, 4) is 0 Å². The lowest BCUT2D eigenvalue weighted by atomic mass is 10.2. The molecular formula is C13H14BrNO2. The molecule has 0 saturated heterocycles. The van der Waals surface area contributed by atoms with Crippen LogP contribution in [0.5, 0.6) is 0 Å². The van der Waals surface area contributed by atoms with Gasteiger partial charge in [-0.2, -0.15) is 0 Å². The second-order valence-corrected chi connectivity index (χ2v) is 4.43. The molecule has 1 aromatic heterocycles. The Morgan fingerprint density at radius 3 is 2.53 bits per heavy atom. The van der Waals surface area contributed by atoms with Gasteiger partial charge in [0.25, 0.3) is 5.97 Å². The van der Waals surface area contributed by atoms with Crippen LogP contribution >= 0.6 is 15.9 Å². The maximum absolute atomic E-state index is 9.00. The minimum Gasteiger partial charge on any atom is -0.481 e. The maximum atomic E-state index is 9.00.